The third-order valence-electron chi connectivity index (χ3n) is 2.48. The van der Waals surface area contributed by atoms with Crippen LogP contribution in [0.4, 0.5) is 17.6 Å². The summed E-state index contributed by atoms with van der Waals surface area (Å²) in [6, 6.07) is 1.85. The lowest BCUT2D eigenvalue weighted by Crippen LogP contribution is -2.13. The first-order valence-corrected chi connectivity index (χ1v) is 4.89. The summed E-state index contributed by atoms with van der Waals surface area (Å²) in [5.74, 6) is 1.35. The summed E-state index contributed by atoms with van der Waals surface area (Å²) < 4.78 is 54.0. The van der Waals surface area contributed by atoms with Gasteiger partial charge in [-0.3, -0.25) is 4.68 Å². The van der Waals surface area contributed by atoms with Gasteiger partial charge in [-0.1, -0.05) is 6.58 Å². The molecular formula is C12H8F4N2. The van der Waals surface area contributed by atoms with E-state index in [2.05, 4.69) is 6.58 Å². The normalized spacial score (nSPS) is 10.7. The Morgan fingerprint density at radius 1 is 1.00 bits per heavy atom. The molecule has 2 rings (SSSR count). The lowest BCUT2D eigenvalue weighted by molar-refractivity contribution is 0.547. The fourth-order valence-corrected chi connectivity index (χ4v) is 1.68. The fourth-order valence-electron chi connectivity index (χ4n) is 1.68. The highest BCUT2D eigenvalue weighted by Gasteiger charge is 2.20. The van der Waals surface area contributed by atoms with Crippen LogP contribution in [0, 0.1) is 23.3 Å². The molecule has 94 valence electrons. The van der Waals surface area contributed by atoms with Crippen LogP contribution >= 0.6 is 0 Å². The predicted octanol–water partition coefficient (Wildman–Crippen LogP) is 3.07. The van der Waals surface area contributed by atoms with Crippen LogP contribution in [0.25, 0.3) is 17.3 Å². The Bertz CT molecular complexity index is 608. The average Bonchev–Trinajstić information content (AvgIpc) is 2.53. The Labute approximate surface area is 99.9 Å². The van der Waals surface area contributed by atoms with Crippen molar-refractivity contribution in [3.63, 3.8) is 0 Å². The van der Waals surface area contributed by atoms with Gasteiger partial charge in [-0.25, -0.2) is 17.6 Å². The number of nitrogen functional groups attached to an aromatic ring is 1. The second-order valence-electron chi connectivity index (χ2n) is 3.58. The molecule has 1 aromatic carbocycles. The molecule has 0 radical (unpaired) electrons. The average molecular weight is 256 g/mol. The molecule has 0 unspecified atom stereocenters. The Balaban J connectivity index is 2.74. The van der Waals surface area contributed by atoms with E-state index in [4.69, 9.17) is 5.84 Å². The van der Waals surface area contributed by atoms with Gasteiger partial charge in [-0.05, 0) is 6.08 Å². The maximum absolute atomic E-state index is 13.5. The maximum Gasteiger partial charge on any atom is 0.150 e. The van der Waals surface area contributed by atoms with Crippen LogP contribution in [0.3, 0.4) is 0 Å². The smallest absolute Gasteiger partial charge is 0.150 e. The second kappa shape index (κ2) is 4.21. The zero-order valence-corrected chi connectivity index (χ0v) is 9.05. The van der Waals surface area contributed by atoms with Gasteiger partial charge < -0.3 is 5.84 Å². The van der Waals surface area contributed by atoms with Crippen LogP contribution in [0.2, 0.25) is 0 Å². The molecule has 0 saturated heterocycles. The summed E-state index contributed by atoms with van der Waals surface area (Å²) in [7, 11) is 0. The van der Waals surface area contributed by atoms with Crippen molar-refractivity contribution in [3.8, 4) is 11.3 Å². The number of nitrogens with zero attached hydrogens (tertiary/aromatic N) is 1. The zero-order chi connectivity index (χ0) is 13.4. The second-order valence-corrected chi connectivity index (χ2v) is 3.58. The summed E-state index contributed by atoms with van der Waals surface area (Å²) in [4.78, 5) is 0. The van der Waals surface area contributed by atoms with Crippen molar-refractivity contribution in [1.29, 1.82) is 0 Å². The molecule has 0 aliphatic rings. The molecule has 2 aromatic rings. The van der Waals surface area contributed by atoms with Crippen molar-refractivity contribution in [1.82, 2.24) is 4.68 Å². The van der Waals surface area contributed by atoms with Crippen LogP contribution in [0.1, 0.15) is 5.69 Å². The highest BCUT2D eigenvalue weighted by Crippen LogP contribution is 2.29. The summed E-state index contributed by atoms with van der Waals surface area (Å²) in [6.07, 6.45) is 1.11. The molecule has 0 fully saturated rings. The van der Waals surface area contributed by atoms with Gasteiger partial charge >= 0.3 is 0 Å². The number of rotatable bonds is 2. The van der Waals surface area contributed by atoms with Crippen LogP contribution in [-0.2, 0) is 0 Å². The van der Waals surface area contributed by atoms with Crippen molar-refractivity contribution in [2.75, 3.05) is 5.84 Å². The monoisotopic (exact) mass is 256 g/mol. The summed E-state index contributed by atoms with van der Waals surface area (Å²) in [5, 5.41) is 0. The van der Waals surface area contributed by atoms with E-state index in [9.17, 15) is 17.6 Å². The van der Waals surface area contributed by atoms with Crippen LogP contribution < -0.4 is 5.84 Å². The molecular weight excluding hydrogens is 248 g/mol. The number of halogens is 4. The van der Waals surface area contributed by atoms with Crippen LogP contribution in [0.5, 0.6) is 0 Å². The van der Waals surface area contributed by atoms with Crippen LogP contribution in [0.15, 0.2) is 24.8 Å². The summed E-state index contributed by atoms with van der Waals surface area (Å²) >= 11 is 0. The molecule has 0 aliphatic carbocycles. The minimum Gasteiger partial charge on any atom is -0.338 e. The van der Waals surface area contributed by atoms with E-state index >= 15 is 0 Å². The van der Waals surface area contributed by atoms with Crippen molar-refractivity contribution in [2.24, 2.45) is 0 Å². The first-order chi connectivity index (χ1) is 8.45. The highest BCUT2D eigenvalue weighted by molar-refractivity contribution is 5.65. The molecule has 0 bridgehead atoms. The van der Waals surface area contributed by atoms with Gasteiger partial charge in [-0.15, -0.1) is 0 Å². The summed E-state index contributed by atoms with van der Waals surface area (Å²) in [5.41, 5.74) is -0.948. The lowest BCUT2D eigenvalue weighted by Gasteiger charge is -2.07. The predicted molar refractivity (Wildman–Crippen MR) is 59.9 cm³/mol. The topological polar surface area (TPSA) is 30.9 Å². The molecule has 18 heavy (non-hydrogen) atoms. The molecule has 0 aliphatic heterocycles. The fraction of sp³-hybridized carbons (Fsp3) is 0. The Morgan fingerprint density at radius 2 is 1.56 bits per heavy atom. The van der Waals surface area contributed by atoms with Crippen molar-refractivity contribution < 1.29 is 17.6 Å². The third kappa shape index (κ3) is 1.75. The molecule has 1 aromatic heterocycles. The molecule has 0 spiro atoms. The molecule has 0 saturated carbocycles. The van der Waals surface area contributed by atoms with E-state index in [0.29, 0.717) is 12.1 Å². The Kier molecular flexibility index (Phi) is 2.86. The zero-order valence-electron chi connectivity index (χ0n) is 9.05. The quantitative estimate of drug-likeness (QED) is 0.649. The van der Waals surface area contributed by atoms with Gasteiger partial charge in [0.15, 0.2) is 5.82 Å². The van der Waals surface area contributed by atoms with Crippen molar-refractivity contribution >= 4 is 6.08 Å². The largest absolute Gasteiger partial charge is 0.338 e. The number of benzene rings is 1. The van der Waals surface area contributed by atoms with E-state index in [-0.39, 0.29) is 11.4 Å². The molecule has 6 heteroatoms. The van der Waals surface area contributed by atoms with Crippen LogP contribution in [-0.4, -0.2) is 4.68 Å². The molecule has 2 nitrogen and oxygen atoms in total. The Hall–Kier alpha value is -2.24. The SMILES string of the molecule is C=Cc1c(F)cc(-c2c(F)cc(F)cc2F)n1N. The number of aromatic nitrogens is 1. The first kappa shape index (κ1) is 12.2. The van der Waals surface area contributed by atoms with Gasteiger partial charge in [0.05, 0.1) is 17.0 Å². The number of hydrogen-bond donors (Lipinski definition) is 1. The molecule has 2 N–H and O–H groups in total. The molecule has 1 heterocycles. The first-order valence-electron chi connectivity index (χ1n) is 4.89. The molecule has 0 atom stereocenters. The van der Waals surface area contributed by atoms with Gasteiger partial charge in [0.25, 0.3) is 0 Å². The lowest BCUT2D eigenvalue weighted by atomic mass is 10.1. The van der Waals surface area contributed by atoms with E-state index < -0.39 is 28.8 Å². The standard InChI is InChI=1S/C12H8F4N2/c1-2-10-7(14)5-11(18(10)17)12-8(15)3-6(13)4-9(12)16/h2-5H,1,17H2. The highest BCUT2D eigenvalue weighted by atomic mass is 19.1. The van der Waals surface area contributed by atoms with Gasteiger partial charge in [0.2, 0.25) is 0 Å². The van der Waals surface area contributed by atoms with E-state index in [1.807, 2.05) is 0 Å². The minimum atomic E-state index is -1.16. The minimum absolute atomic E-state index is 0.117. The van der Waals surface area contributed by atoms with Gasteiger partial charge in [-0.2, -0.15) is 0 Å². The van der Waals surface area contributed by atoms with E-state index in [1.165, 1.54) is 0 Å². The number of hydrogen-bond acceptors (Lipinski definition) is 1. The van der Waals surface area contributed by atoms with Gasteiger partial charge in [0.1, 0.15) is 17.5 Å². The van der Waals surface area contributed by atoms with Gasteiger partial charge in [0, 0.05) is 18.2 Å². The summed E-state index contributed by atoms with van der Waals surface area (Å²) in [6.45, 7) is 3.33. The van der Waals surface area contributed by atoms with E-state index in [1.54, 1.807) is 0 Å². The van der Waals surface area contributed by atoms with Crippen molar-refractivity contribution in [3.05, 3.63) is 53.7 Å². The maximum atomic E-state index is 13.5. The third-order valence-corrected chi connectivity index (χ3v) is 2.48. The van der Waals surface area contributed by atoms with E-state index in [0.717, 1.165) is 16.8 Å². The molecule has 0 amide bonds. The number of nitrogens with two attached hydrogens (primary N) is 1. The Morgan fingerprint density at radius 3 is 2.00 bits per heavy atom. The van der Waals surface area contributed by atoms with Crippen molar-refractivity contribution in [2.45, 2.75) is 0 Å².